The molecule has 4 heterocycles. The summed E-state index contributed by atoms with van der Waals surface area (Å²) in [6.45, 7) is 1.39. The number of rotatable bonds is 5. The third-order valence-electron chi connectivity index (χ3n) is 4.60. The van der Waals surface area contributed by atoms with Gasteiger partial charge in [-0.2, -0.15) is 5.10 Å². The second-order valence-electron chi connectivity index (χ2n) is 6.36. The van der Waals surface area contributed by atoms with Gasteiger partial charge in [0.15, 0.2) is 16.8 Å². The molecule has 29 heavy (non-hydrogen) atoms. The van der Waals surface area contributed by atoms with Gasteiger partial charge in [-0.25, -0.2) is 19.4 Å². The number of carbonyl (C=O) groups excluding carboxylic acids is 2. The zero-order valence-corrected chi connectivity index (χ0v) is 16.4. The molecule has 1 aliphatic heterocycles. The number of piperidine rings is 1. The van der Waals surface area contributed by atoms with Crippen molar-refractivity contribution in [1.82, 2.24) is 29.9 Å². The minimum atomic E-state index is -0.466. The van der Waals surface area contributed by atoms with Crippen molar-refractivity contribution in [3.63, 3.8) is 0 Å². The number of ether oxygens (including phenoxy) is 1. The highest BCUT2D eigenvalue weighted by atomic mass is 32.1. The number of anilines is 2. The molecular weight excluding hydrogens is 396 g/mol. The molecule has 3 aromatic heterocycles. The molecule has 3 aromatic rings. The number of esters is 1. The van der Waals surface area contributed by atoms with Crippen LogP contribution >= 0.6 is 11.3 Å². The van der Waals surface area contributed by atoms with E-state index in [0.29, 0.717) is 41.8 Å². The topological polar surface area (TPSA) is 128 Å². The highest BCUT2D eigenvalue weighted by Crippen LogP contribution is 2.25. The average Bonchev–Trinajstić information content (AvgIpc) is 3.46. The van der Waals surface area contributed by atoms with Crippen LogP contribution in [0.3, 0.4) is 0 Å². The van der Waals surface area contributed by atoms with Gasteiger partial charge in [-0.15, -0.1) is 10.2 Å². The monoisotopic (exact) mass is 414 g/mol. The molecule has 0 aromatic carbocycles. The Morgan fingerprint density at radius 2 is 1.97 bits per heavy atom. The average molecular weight is 414 g/mol. The number of thiazole rings is 1. The number of amides is 1. The van der Waals surface area contributed by atoms with Gasteiger partial charge in [-0.3, -0.25) is 4.79 Å². The Kier molecular flexibility index (Phi) is 5.42. The summed E-state index contributed by atoms with van der Waals surface area (Å²) in [6.07, 6.45) is 5.77. The maximum Gasteiger partial charge on any atom is 0.349 e. The van der Waals surface area contributed by atoms with Crippen LogP contribution in [0.2, 0.25) is 0 Å². The molecule has 1 aliphatic rings. The van der Waals surface area contributed by atoms with Crippen LogP contribution < -0.4 is 10.2 Å². The van der Waals surface area contributed by atoms with E-state index in [1.165, 1.54) is 24.3 Å². The number of aromatic nitrogens is 6. The molecule has 0 saturated carbocycles. The zero-order valence-electron chi connectivity index (χ0n) is 15.6. The molecule has 11 nitrogen and oxygen atoms in total. The predicted octanol–water partition coefficient (Wildman–Crippen LogP) is 1.16. The summed E-state index contributed by atoms with van der Waals surface area (Å²) < 4.78 is 6.19. The lowest BCUT2D eigenvalue weighted by Gasteiger charge is -2.31. The fraction of sp³-hybridized carbons (Fsp3) is 0.353. The molecule has 4 rings (SSSR count). The molecule has 1 N–H and O–H groups in total. The van der Waals surface area contributed by atoms with Crippen LogP contribution in [0.1, 0.15) is 22.5 Å². The number of nitrogens with one attached hydrogen (secondary N) is 1. The fourth-order valence-electron chi connectivity index (χ4n) is 3.04. The summed E-state index contributed by atoms with van der Waals surface area (Å²) in [5, 5.41) is 15.6. The number of carbonyl (C=O) groups is 2. The highest BCUT2D eigenvalue weighted by molar-refractivity contribution is 7.17. The normalized spacial score (nSPS) is 14.6. The molecule has 1 saturated heterocycles. The van der Waals surface area contributed by atoms with Crippen molar-refractivity contribution in [1.29, 1.82) is 0 Å². The quantitative estimate of drug-likeness (QED) is 0.611. The van der Waals surface area contributed by atoms with Crippen LogP contribution in [-0.4, -0.2) is 62.0 Å². The number of hydrogen-bond acceptors (Lipinski definition) is 10. The third kappa shape index (κ3) is 4.21. The predicted molar refractivity (Wildman–Crippen MR) is 104 cm³/mol. The van der Waals surface area contributed by atoms with E-state index in [-0.39, 0.29) is 11.8 Å². The van der Waals surface area contributed by atoms with Crippen LogP contribution in [0.4, 0.5) is 10.9 Å². The molecule has 0 aliphatic carbocycles. The Morgan fingerprint density at radius 3 is 2.62 bits per heavy atom. The van der Waals surface area contributed by atoms with Crippen molar-refractivity contribution in [2.24, 2.45) is 5.92 Å². The molecule has 1 fully saturated rings. The van der Waals surface area contributed by atoms with Crippen LogP contribution in [-0.2, 0) is 9.53 Å². The summed E-state index contributed by atoms with van der Waals surface area (Å²) in [5.41, 5.74) is 0. The van der Waals surface area contributed by atoms with E-state index in [9.17, 15) is 9.59 Å². The molecule has 0 spiro atoms. The van der Waals surface area contributed by atoms with Gasteiger partial charge in [-0.1, -0.05) is 11.3 Å². The Hall–Kier alpha value is -3.41. The van der Waals surface area contributed by atoms with Crippen LogP contribution in [0, 0.1) is 5.92 Å². The third-order valence-corrected chi connectivity index (χ3v) is 5.49. The van der Waals surface area contributed by atoms with Crippen molar-refractivity contribution in [3.05, 3.63) is 35.9 Å². The summed E-state index contributed by atoms with van der Waals surface area (Å²) in [5.74, 6) is 0.667. The van der Waals surface area contributed by atoms with E-state index in [1.54, 1.807) is 6.33 Å². The number of hydrogen-bond donors (Lipinski definition) is 1. The molecule has 0 unspecified atom stereocenters. The Balaban J connectivity index is 1.31. The van der Waals surface area contributed by atoms with E-state index in [0.717, 1.165) is 17.2 Å². The van der Waals surface area contributed by atoms with Crippen molar-refractivity contribution in [2.75, 3.05) is 30.4 Å². The van der Waals surface area contributed by atoms with Crippen molar-refractivity contribution < 1.29 is 14.3 Å². The summed E-state index contributed by atoms with van der Waals surface area (Å²) >= 11 is 1.10. The van der Waals surface area contributed by atoms with E-state index in [1.807, 2.05) is 12.1 Å². The molecule has 150 valence electrons. The molecule has 0 atom stereocenters. The lowest BCUT2D eigenvalue weighted by molar-refractivity contribution is -0.120. The first kappa shape index (κ1) is 18.9. The van der Waals surface area contributed by atoms with Gasteiger partial charge in [0.05, 0.1) is 13.3 Å². The first-order chi connectivity index (χ1) is 14.1. The van der Waals surface area contributed by atoms with E-state index < -0.39 is 5.97 Å². The van der Waals surface area contributed by atoms with Crippen molar-refractivity contribution in [2.45, 2.75) is 12.8 Å². The standard InChI is InChI=1S/C17H18N8O3S/c1-28-16(27)12-8-19-17(29-12)21-15(26)11-4-6-24(7-5-11)13-2-3-14(23-22-13)25-10-18-9-20-25/h2-3,8-11H,4-7H2,1H3,(H,19,21,26). The van der Waals surface area contributed by atoms with E-state index in [4.69, 9.17) is 0 Å². The number of nitrogens with zero attached hydrogens (tertiary/aromatic N) is 7. The first-order valence-corrected chi connectivity index (χ1v) is 9.74. The first-order valence-electron chi connectivity index (χ1n) is 8.92. The molecule has 12 heteroatoms. The zero-order chi connectivity index (χ0) is 20.2. The SMILES string of the molecule is COC(=O)c1cnc(NC(=O)C2CCN(c3ccc(-n4cncn4)nn3)CC2)s1. The van der Waals surface area contributed by atoms with E-state index in [2.05, 4.69) is 40.2 Å². The summed E-state index contributed by atoms with van der Waals surface area (Å²) in [7, 11) is 1.31. The molecular formula is C17H18N8O3S. The van der Waals surface area contributed by atoms with Crippen molar-refractivity contribution in [3.8, 4) is 5.82 Å². The largest absolute Gasteiger partial charge is 0.465 e. The van der Waals surface area contributed by atoms with Gasteiger partial charge in [0.25, 0.3) is 0 Å². The highest BCUT2D eigenvalue weighted by Gasteiger charge is 2.26. The van der Waals surface area contributed by atoms with E-state index >= 15 is 0 Å². The Bertz CT molecular complexity index is 981. The van der Waals surface area contributed by atoms with Gasteiger partial charge in [0.1, 0.15) is 17.5 Å². The molecule has 0 radical (unpaired) electrons. The van der Waals surface area contributed by atoms with Crippen LogP contribution in [0.25, 0.3) is 5.82 Å². The van der Waals surface area contributed by atoms with Gasteiger partial charge < -0.3 is 15.0 Å². The summed E-state index contributed by atoms with van der Waals surface area (Å²) in [6, 6.07) is 3.71. The maximum atomic E-state index is 12.5. The second kappa shape index (κ2) is 8.31. The number of methoxy groups -OCH3 is 1. The smallest absolute Gasteiger partial charge is 0.349 e. The van der Waals surface area contributed by atoms with Gasteiger partial charge in [0.2, 0.25) is 5.91 Å². The Morgan fingerprint density at radius 1 is 1.21 bits per heavy atom. The lowest BCUT2D eigenvalue weighted by atomic mass is 9.96. The van der Waals surface area contributed by atoms with Crippen molar-refractivity contribution >= 4 is 34.2 Å². The maximum absolute atomic E-state index is 12.5. The summed E-state index contributed by atoms with van der Waals surface area (Å²) in [4.78, 5) is 34.4. The van der Waals surface area contributed by atoms with Gasteiger partial charge >= 0.3 is 5.97 Å². The second-order valence-corrected chi connectivity index (χ2v) is 7.39. The fourth-order valence-corrected chi connectivity index (χ4v) is 3.78. The van der Waals surface area contributed by atoms with Gasteiger partial charge in [-0.05, 0) is 25.0 Å². The van der Waals surface area contributed by atoms with Crippen LogP contribution in [0.5, 0.6) is 0 Å². The van der Waals surface area contributed by atoms with Crippen LogP contribution in [0.15, 0.2) is 31.0 Å². The van der Waals surface area contributed by atoms with Gasteiger partial charge in [0, 0.05) is 19.0 Å². The minimum absolute atomic E-state index is 0.0944. The lowest BCUT2D eigenvalue weighted by Crippen LogP contribution is -2.38. The molecule has 1 amide bonds. The Labute approximate surface area is 169 Å². The molecule has 0 bridgehead atoms. The minimum Gasteiger partial charge on any atom is -0.465 e.